The predicted octanol–water partition coefficient (Wildman–Crippen LogP) is 2.41. The van der Waals surface area contributed by atoms with Gasteiger partial charge in [-0.25, -0.2) is 13.1 Å². The van der Waals surface area contributed by atoms with E-state index in [2.05, 4.69) is 10.0 Å². The van der Waals surface area contributed by atoms with Gasteiger partial charge in [0.15, 0.2) is 0 Å². The summed E-state index contributed by atoms with van der Waals surface area (Å²) in [7, 11) is -4.17. The topological polar surface area (TPSA) is 58.2 Å². The minimum Gasteiger partial charge on any atom is -0.315 e. The highest BCUT2D eigenvalue weighted by Gasteiger charge is 2.36. The molecular formula is C12H18ClF3N2O2S. The molecule has 0 radical (unpaired) electrons. The van der Waals surface area contributed by atoms with E-state index in [1.165, 1.54) is 6.07 Å². The van der Waals surface area contributed by atoms with Gasteiger partial charge in [-0.1, -0.05) is 19.1 Å². The zero-order valence-electron chi connectivity index (χ0n) is 11.4. The summed E-state index contributed by atoms with van der Waals surface area (Å²) < 4.78 is 64.2. The molecule has 0 unspecified atom stereocenters. The number of hydrogen-bond acceptors (Lipinski definition) is 3. The Balaban J connectivity index is 0.00000400. The molecule has 1 aromatic rings. The summed E-state index contributed by atoms with van der Waals surface area (Å²) in [4.78, 5) is -0.747. The van der Waals surface area contributed by atoms with Crippen molar-refractivity contribution in [2.75, 3.05) is 19.6 Å². The normalized spacial score (nSPS) is 12.0. The van der Waals surface area contributed by atoms with E-state index in [0.717, 1.165) is 31.2 Å². The van der Waals surface area contributed by atoms with Crippen molar-refractivity contribution in [2.45, 2.75) is 24.4 Å². The Hall–Kier alpha value is -0.830. The lowest BCUT2D eigenvalue weighted by Crippen LogP contribution is -2.33. The quantitative estimate of drug-likeness (QED) is 0.745. The Morgan fingerprint density at radius 3 is 2.29 bits per heavy atom. The molecule has 0 aliphatic heterocycles. The second-order valence-corrected chi connectivity index (χ2v) is 5.88. The van der Waals surface area contributed by atoms with Crippen molar-refractivity contribution in [1.82, 2.24) is 10.0 Å². The third kappa shape index (κ3) is 6.21. The van der Waals surface area contributed by atoms with Crippen LogP contribution in [0, 0.1) is 0 Å². The maximum absolute atomic E-state index is 12.8. The second-order valence-electron chi connectivity index (χ2n) is 4.14. The van der Waals surface area contributed by atoms with Crippen LogP contribution >= 0.6 is 12.4 Å². The largest absolute Gasteiger partial charge is 0.417 e. The molecule has 0 saturated heterocycles. The molecule has 122 valence electrons. The van der Waals surface area contributed by atoms with E-state index in [1.807, 2.05) is 6.92 Å². The van der Waals surface area contributed by atoms with Crippen LogP contribution in [0.1, 0.15) is 18.9 Å². The zero-order valence-corrected chi connectivity index (χ0v) is 13.0. The molecule has 0 aliphatic rings. The highest BCUT2D eigenvalue weighted by Crippen LogP contribution is 2.33. The molecule has 4 nitrogen and oxygen atoms in total. The van der Waals surface area contributed by atoms with E-state index < -0.39 is 26.7 Å². The van der Waals surface area contributed by atoms with Crippen molar-refractivity contribution in [2.24, 2.45) is 0 Å². The molecule has 0 bridgehead atoms. The van der Waals surface area contributed by atoms with Gasteiger partial charge in [-0.15, -0.1) is 12.4 Å². The van der Waals surface area contributed by atoms with Gasteiger partial charge in [0.25, 0.3) is 0 Å². The number of nitrogens with one attached hydrogen (secondary N) is 2. The van der Waals surface area contributed by atoms with E-state index in [0.29, 0.717) is 6.54 Å². The Labute approximate surface area is 128 Å². The predicted molar refractivity (Wildman–Crippen MR) is 77.0 cm³/mol. The van der Waals surface area contributed by atoms with Crippen LogP contribution in [0.2, 0.25) is 0 Å². The summed E-state index contributed by atoms with van der Waals surface area (Å²) in [6.07, 6.45) is -3.81. The Morgan fingerprint density at radius 2 is 1.71 bits per heavy atom. The van der Waals surface area contributed by atoms with Crippen molar-refractivity contribution < 1.29 is 21.6 Å². The van der Waals surface area contributed by atoms with Crippen LogP contribution in [0.25, 0.3) is 0 Å². The van der Waals surface area contributed by atoms with Crippen LogP contribution in [-0.2, 0) is 16.2 Å². The van der Waals surface area contributed by atoms with E-state index >= 15 is 0 Å². The molecule has 0 fully saturated rings. The SMILES string of the molecule is CCCNCCNS(=O)(=O)c1ccccc1C(F)(F)F.Cl. The van der Waals surface area contributed by atoms with Crippen molar-refractivity contribution >= 4 is 22.4 Å². The maximum atomic E-state index is 12.8. The summed E-state index contributed by atoms with van der Waals surface area (Å²) in [6.45, 7) is 3.08. The van der Waals surface area contributed by atoms with Gasteiger partial charge in [0.1, 0.15) is 0 Å². The fraction of sp³-hybridized carbons (Fsp3) is 0.500. The van der Waals surface area contributed by atoms with Crippen LogP contribution < -0.4 is 10.0 Å². The molecule has 0 heterocycles. The molecular weight excluding hydrogens is 329 g/mol. The van der Waals surface area contributed by atoms with Crippen LogP contribution in [0.3, 0.4) is 0 Å². The third-order valence-corrected chi connectivity index (χ3v) is 4.02. The van der Waals surface area contributed by atoms with Gasteiger partial charge in [0.05, 0.1) is 10.5 Å². The summed E-state index contributed by atoms with van der Waals surface area (Å²) in [5.74, 6) is 0. The molecule has 1 aromatic carbocycles. The summed E-state index contributed by atoms with van der Waals surface area (Å²) in [5.41, 5.74) is -1.16. The van der Waals surface area contributed by atoms with E-state index in [4.69, 9.17) is 0 Å². The van der Waals surface area contributed by atoms with Gasteiger partial charge in [-0.2, -0.15) is 13.2 Å². The molecule has 0 amide bonds. The molecule has 0 atom stereocenters. The first-order chi connectivity index (χ1) is 9.29. The van der Waals surface area contributed by atoms with E-state index in [9.17, 15) is 21.6 Å². The van der Waals surface area contributed by atoms with Crippen LogP contribution in [-0.4, -0.2) is 28.1 Å². The van der Waals surface area contributed by atoms with E-state index in [-0.39, 0.29) is 19.0 Å². The highest BCUT2D eigenvalue weighted by atomic mass is 35.5. The monoisotopic (exact) mass is 346 g/mol. The van der Waals surface area contributed by atoms with Gasteiger partial charge in [-0.3, -0.25) is 0 Å². The van der Waals surface area contributed by atoms with Crippen molar-refractivity contribution in [3.8, 4) is 0 Å². The summed E-state index contributed by atoms with van der Waals surface area (Å²) in [6, 6.07) is 4.12. The first-order valence-electron chi connectivity index (χ1n) is 6.15. The minimum atomic E-state index is -4.70. The number of alkyl halides is 3. The number of sulfonamides is 1. The van der Waals surface area contributed by atoms with Crippen LogP contribution in [0.4, 0.5) is 13.2 Å². The first kappa shape index (κ1) is 20.2. The van der Waals surface area contributed by atoms with Gasteiger partial charge in [0, 0.05) is 13.1 Å². The summed E-state index contributed by atoms with van der Waals surface area (Å²) >= 11 is 0. The standard InChI is InChI=1S/C12H17F3N2O2S.ClH/c1-2-7-16-8-9-17-20(18,19)11-6-4-3-5-10(11)12(13,14)15;/h3-6,16-17H,2,7-9H2,1H3;1H. The first-order valence-corrected chi connectivity index (χ1v) is 7.64. The minimum absolute atomic E-state index is 0. The maximum Gasteiger partial charge on any atom is 0.417 e. The molecule has 21 heavy (non-hydrogen) atoms. The number of hydrogen-bond donors (Lipinski definition) is 2. The third-order valence-electron chi connectivity index (χ3n) is 2.50. The van der Waals surface area contributed by atoms with Gasteiger partial charge in [0.2, 0.25) is 10.0 Å². The number of rotatable bonds is 7. The second kappa shape index (κ2) is 8.57. The molecule has 9 heteroatoms. The van der Waals surface area contributed by atoms with Gasteiger partial charge >= 0.3 is 6.18 Å². The van der Waals surface area contributed by atoms with Crippen molar-refractivity contribution in [3.05, 3.63) is 29.8 Å². The fourth-order valence-corrected chi connectivity index (χ4v) is 2.85. The molecule has 2 N–H and O–H groups in total. The Kier molecular flexibility index (Phi) is 8.23. The molecule has 0 spiro atoms. The van der Waals surface area contributed by atoms with Crippen LogP contribution in [0.15, 0.2) is 29.2 Å². The van der Waals surface area contributed by atoms with Gasteiger partial charge < -0.3 is 5.32 Å². The average molecular weight is 347 g/mol. The Morgan fingerprint density at radius 1 is 1.10 bits per heavy atom. The average Bonchev–Trinajstić information content (AvgIpc) is 2.37. The molecule has 1 rings (SSSR count). The number of halogens is 4. The lowest BCUT2D eigenvalue weighted by molar-refractivity contribution is -0.139. The molecule has 0 aliphatic carbocycles. The lowest BCUT2D eigenvalue weighted by atomic mass is 10.2. The molecule has 0 aromatic heterocycles. The van der Waals surface area contributed by atoms with Crippen molar-refractivity contribution in [1.29, 1.82) is 0 Å². The Bertz CT molecular complexity index is 536. The lowest BCUT2D eigenvalue weighted by Gasteiger charge is -2.13. The smallest absolute Gasteiger partial charge is 0.315 e. The van der Waals surface area contributed by atoms with Crippen LogP contribution in [0.5, 0.6) is 0 Å². The van der Waals surface area contributed by atoms with Crippen molar-refractivity contribution in [3.63, 3.8) is 0 Å². The van der Waals surface area contributed by atoms with Gasteiger partial charge in [-0.05, 0) is 25.1 Å². The zero-order chi connectivity index (χ0) is 15.2. The summed E-state index contributed by atoms with van der Waals surface area (Å²) in [5, 5.41) is 2.95. The van der Waals surface area contributed by atoms with E-state index in [1.54, 1.807) is 0 Å². The number of benzene rings is 1. The highest BCUT2D eigenvalue weighted by molar-refractivity contribution is 7.89. The molecule has 0 saturated carbocycles. The fourth-order valence-electron chi connectivity index (χ4n) is 1.59.